The van der Waals surface area contributed by atoms with E-state index in [-0.39, 0.29) is 11.9 Å². The van der Waals surface area contributed by atoms with Crippen molar-refractivity contribution in [3.8, 4) is 0 Å². The molecular weight excluding hydrogens is 218 g/mol. The van der Waals surface area contributed by atoms with Gasteiger partial charge < -0.3 is 11.1 Å². The number of rotatable bonds is 7. The van der Waals surface area contributed by atoms with Gasteiger partial charge in [-0.2, -0.15) is 0 Å². The van der Waals surface area contributed by atoms with Crippen molar-refractivity contribution in [2.75, 3.05) is 6.54 Å². The van der Waals surface area contributed by atoms with E-state index >= 15 is 0 Å². The van der Waals surface area contributed by atoms with Gasteiger partial charge in [0.1, 0.15) is 0 Å². The molecule has 17 heavy (non-hydrogen) atoms. The predicted molar refractivity (Wildman–Crippen MR) is 65.5 cm³/mol. The first-order chi connectivity index (χ1) is 8.21. The smallest absolute Gasteiger partial charge is 0.273 e. The molecule has 0 bridgehead atoms. The summed E-state index contributed by atoms with van der Waals surface area (Å²) in [6, 6.07) is 0.215. The molecule has 1 rings (SSSR count). The van der Waals surface area contributed by atoms with Crippen LogP contribution < -0.4 is 11.1 Å². The molecule has 0 spiro atoms. The molecule has 0 saturated heterocycles. The van der Waals surface area contributed by atoms with Crippen LogP contribution in [0.1, 0.15) is 43.6 Å². The topological polar surface area (TPSA) is 85.8 Å². The van der Waals surface area contributed by atoms with E-state index in [2.05, 4.69) is 29.5 Å². The first-order valence-corrected chi connectivity index (χ1v) is 6.12. The number of hydrogen-bond donors (Lipinski definition) is 2. The van der Waals surface area contributed by atoms with E-state index in [1.54, 1.807) is 10.9 Å². The zero-order chi connectivity index (χ0) is 12.7. The van der Waals surface area contributed by atoms with E-state index in [0.29, 0.717) is 18.8 Å². The Balaban J connectivity index is 2.55. The minimum absolute atomic E-state index is 0.159. The van der Waals surface area contributed by atoms with Gasteiger partial charge >= 0.3 is 0 Å². The monoisotopic (exact) mass is 239 g/mol. The summed E-state index contributed by atoms with van der Waals surface area (Å²) in [5.41, 5.74) is 5.75. The molecule has 0 aliphatic carbocycles. The van der Waals surface area contributed by atoms with Crippen LogP contribution in [0.4, 0.5) is 0 Å². The molecular formula is C11H21N5O. The highest BCUT2D eigenvalue weighted by Gasteiger charge is 2.14. The Hall–Kier alpha value is -1.43. The third kappa shape index (κ3) is 4.14. The average Bonchev–Trinajstić information content (AvgIpc) is 2.77. The van der Waals surface area contributed by atoms with Crippen molar-refractivity contribution in [1.82, 2.24) is 20.3 Å². The van der Waals surface area contributed by atoms with Crippen molar-refractivity contribution >= 4 is 5.91 Å². The molecule has 0 aromatic carbocycles. The molecule has 6 nitrogen and oxygen atoms in total. The summed E-state index contributed by atoms with van der Waals surface area (Å²) in [5, 5.41) is 10.6. The predicted octanol–water partition coefficient (Wildman–Crippen LogP) is 0.545. The molecule has 0 aliphatic rings. The minimum atomic E-state index is -0.159. The Morgan fingerprint density at radius 2 is 2.35 bits per heavy atom. The molecule has 3 N–H and O–H groups in total. The molecule has 1 aromatic rings. The second-order valence-electron chi connectivity index (χ2n) is 4.02. The number of nitrogens with zero attached hydrogens (tertiary/aromatic N) is 3. The number of aromatic nitrogens is 3. The fourth-order valence-electron chi connectivity index (χ4n) is 1.63. The van der Waals surface area contributed by atoms with E-state index in [0.717, 1.165) is 19.3 Å². The molecule has 1 unspecified atom stereocenters. The van der Waals surface area contributed by atoms with Gasteiger partial charge in [-0.15, -0.1) is 5.10 Å². The Bertz CT molecular complexity index is 349. The number of nitrogens with one attached hydrogen (secondary N) is 1. The lowest BCUT2D eigenvalue weighted by atomic mass is 10.1. The molecule has 0 fully saturated rings. The van der Waals surface area contributed by atoms with Crippen molar-refractivity contribution in [2.45, 2.75) is 45.7 Å². The van der Waals surface area contributed by atoms with Gasteiger partial charge in [0.2, 0.25) is 0 Å². The largest absolute Gasteiger partial charge is 0.348 e. The van der Waals surface area contributed by atoms with Crippen molar-refractivity contribution in [3.05, 3.63) is 11.9 Å². The van der Waals surface area contributed by atoms with Crippen LogP contribution in [0, 0.1) is 0 Å². The molecule has 0 radical (unpaired) electrons. The molecule has 0 aliphatic heterocycles. The summed E-state index contributed by atoms with van der Waals surface area (Å²) < 4.78 is 1.58. The maximum Gasteiger partial charge on any atom is 0.273 e. The van der Waals surface area contributed by atoms with Crippen LogP contribution >= 0.6 is 0 Å². The van der Waals surface area contributed by atoms with Crippen LogP contribution in [0.5, 0.6) is 0 Å². The average molecular weight is 239 g/mol. The lowest BCUT2D eigenvalue weighted by molar-refractivity contribution is 0.0928. The molecule has 1 amide bonds. The van der Waals surface area contributed by atoms with Crippen LogP contribution in [0.2, 0.25) is 0 Å². The summed E-state index contributed by atoms with van der Waals surface area (Å²) in [6.45, 7) is 5.22. The van der Waals surface area contributed by atoms with Crippen LogP contribution in [-0.4, -0.2) is 33.5 Å². The van der Waals surface area contributed by atoms with E-state index in [4.69, 9.17) is 5.73 Å². The molecule has 6 heteroatoms. The van der Waals surface area contributed by atoms with E-state index in [1.165, 1.54) is 0 Å². The van der Waals surface area contributed by atoms with Gasteiger partial charge in [-0.1, -0.05) is 25.5 Å². The lowest BCUT2D eigenvalue weighted by Crippen LogP contribution is -2.34. The number of carbonyl (C=O) groups excluding carboxylic acids is 1. The zero-order valence-corrected chi connectivity index (χ0v) is 10.5. The minimum Gasteiger partial charge on any atom is -0.348 e. The maximum atomic E-state index is 11.8. The van der Waals surface area contributed by atoms with Gasteiger partial charge in [-0.25, -0.2) is 0 Å². The highest BCUT2D eigenvalue weighted by Crippen LogP contribution is 2.02. The van der Waals surface area contributed by atoms with Crippen molar-refractivity contribution in [2.24, 2.45) is 5.73 Å². The number of carbonyl (C=O) groups is 1. The van der Waals surface area contributed by atoms with Crippen molar-refractivity contribution in [1.29, 1.82) is 0 Å². The van der Waals surface area contributed by atoms with Gasteiger partial charge in [0.15, 0.2) is 5.69 Å². The molecule has 1 heterocycles. The summed E-state index contributed by atoms with van der Waals surface area (Å²) in [7, 11) is 0. The van der Waals surface area contributed by atoms with Crippen LogP contribution in [0.25, 0.3) is 0 Å². The molecule has 1 aromatic heterocycles. The van der Waals surface area contributed by atoms with E-state index in [9.17, 15) is 4.79 Å². The summed E-state index contributed by atoms with van der Waals surface area (Å²) in [5.74, 6) is -0.159. The summed E-state index contributed by atoms with van der Waals surface area (Å²) >= 11 is 0. The normalized spacial score (nSPS) is 12.4. The van der Waals surface area contributed by atoms with Gasteiger partial charge in [0.25, 0.3) is 5.91 Å². The standard InChI is InChI=1S/C11H21N5O/c1-3-5-9(4-2)13-11(17)10-8-16(7-6-12)15-14-10/h8-9H,3-7,12H2,1-2H3,(H,13,17). The lowest BCUT2D eigenvalue weighted by Gasteiger charge is -2.14. The highest BCUT2D eigenvalue weighted by molar-refractivity contribution is 5.92. The van der Waals surface area contributed by atoms with Gasteiger partial charge in [-0.05, 0) is 12.8 Å². The van der Waals surface area contributed by atoms with Crippen molar-refractivity contribution in [3.63, 3.8) is 0 Å². The van der Waals surface area contributed by atoms with Crippen LogP contribution in [0.15, 0.2) is 6.20 Å². The van der Waals surface area contributed by atoms with E-state index < -0.39 is 0 Å². The molecule has 96 valence electrons. The van der Waals surface area contributed by atoms with Crippen LogP contribution in [-0.2, 0) is 6.54 Å². The molecule has 1 atom stereocenters. The van der Waals surface area contributed by atoms with E-state index in [1.807, 2.05) is 0 Å². The molecule has 0 saturated carbocycles. The highest BCUT2D eigenvalue weighted by atomic mass is 16.2. The van der Waals surface area contributed by atoms with Crippen LogP contribution in [0.3, 0.4) is 0 Å². The Morgan fingerprint density at radius 1 is 1.59 bits per heavy atom. The quantitative estimate of drug-likeness (QED) is 0.727. The number of amides is 1. The van der Waals surface area contributed by atoms with Gasteiger partial charge in [-0.3, -0.25) is 9.48 Å². The summed E-state index contributed by atoms with van der Waals surface area (Å²) in [4.78, 5) is 11.8. The first-order valence-electron chi connectivity index (χ1n) is 6.12. The summed E-state index contributed by atoms with van der Waals surface area (Å²) in [6.07, 6.45) is 4.59. The fourth-order valence-corrected chi connectivity index (χ4v) is 1.63. The van der Waals surface area contributed by atoms with Gasteiger partial charge in [0.05, 0.1) is 12.7 Å². The Morgan fingerprint density at radius 3 is 2.94 bits per heavy atom. The Kier molecular flexibility index (Phi) is 5.62. The second-order valence-corrected chi connectivity index (χ2v) is 4.02. The number of nitrogens with two attached hydrogens (primary N) is 1. The zero-order valence-electron chi connectivity index (χ0n) is 10.5. The van der Waals surface area contributed by atoms with Crippen molar-refractivity contribution < 1.29 is 4.79 Å². The maximum absolute atomic E-state index is 11.8. The third-order valence-corrected chi connectivity index (χ3v) is 2.59. The second kappa shape index (κ2) is 7.01. The number of hydrogen-bond acceptors (Lipinski definition) is 4. The Labute approximate surface area is 102 Å². The SMILES string of the molecule is CCCC(CC)NC(=O)c1cn(CCN)nn1. The first kappa shape index (κ1) is 13.6. The third-order valence-electron chi connectivity index (χ3n) is 2.59. The fraction of sp³-hybridized carbons (Fsp3) is 0.727. The van der Waals surface area contributed by atoms with Gasteiger partial charge in [0, 0.05) is 12.6 Å².